The van der Waals surface area contributed by atoms with E-state index in [0.717, 1.165) is 31.2 Å². The Morgan fingerprint density at radius 1 is 1.20 bits per heavy atom. The normalized spacial score (nSPS) is 17.2. The fourth-order valence-electron chi connectivity index (χ4n) is 3.20. The molecule has 0 bridgehead atoms. The monoisotopic (exact) mass is 275 g/mol. The lowest BCUT2D eigenvalue weighted by atomic mass is 9.94. The molecular formula is C18H29NO. The van der Waals surface area contributed by atoms with Gasteiger partial charge in [0.05, 0.1) is 6.61 Å². The van der Waals surface area contributed by atoms with Crippen molar-refractivity contribution in [2.75, 3.05) is 13.2 Å². The van der Waals surface area contributed by atoms with Gasteiger partial charge in [0.1, 0.15) is 5.75 Å². The first kappa shape index (κ1) is 15.4. The van der Waals surface area contributed by atoms with Crippen LogP contribution < -0.4 is 10.1 Å². The molecule has 0 aliphatic heterocycles. The van der Waals surface area contributed by atoms with E-state index in [4.69, 9.17) is 4.74 Å². The minimum atomic E-state index is 0.705. The van der Waals surface area contributed by atoms with Gasteiger partial charge in [-0.25, -0.2) is 0 Å². The number of hydrogen-bond acceptors (Lipinski definition) is 2. The molecule has 2 nitrogen and oxygen atoms in total. The summed E-state index contributed by atoms with van der Waals surface area (Å²) in [5.41, 5.74) is 0. The Morgan fingerprint density at radius 2 is 1.95 bits per heavy atom. The summed E-state index contributed by atoms with van der Waals surface area (Å²) in [7, 11) is 0. The second-order valence-corrected chi connectivity index (χ2v) is 5.91. The molecule has 1 aromatic rings. The largest absolute Gasteiger partial charge is 0.494 e. The molecule has 1 saturated carbocycles. The smallest absolute Gasteiger partial charge is 0.119 e. The van der Waals surface area contributed by atoms with Gasteiger partial charge in [-0.3, -0.25) is 0 Å². The van der Waals surface area contributed by atoms with E-state index in [1.807, 2.05) is 30.3 Å². The highest BCUT2D eigenvalue weighted by molar-refractivity contribution is 5.20. The van der Waals surface area contributed by atoms with Crippen LogP contribution in [0.4, 0.5) is 0 Å². The highest BCUT2D eigenvalue weighted by Gasteiger charge is 2.23. The van der Waals surface area contributed by atoms with Gasteiger partial charge in [0.25, 0.3) is 0 Å². The standard InChI is InChI=1S/C18H29NO/c1-2-14-19-18(16-9-6-7-10-16)13-8-15-20-17-11-4-3-5-12-17/h3-5,11-12,16,18-19H,2,6-10,13-15H2,1H3. The predicted molar refractivity (Wildman–Crippen MR) is 85.2 cm³/mol. The van der Waals surface area contributed by atoms with Crippen molar-refractivity contribution in [1.29, 1.82) is 0 Å². The molecule has 0 aromatic heterocycles. The molecular weight excluding hydrogens is 246 g/mol. The maximum absolute atomic E-state index is 5.80. The van der Waals surface area contributed by atoms with E-state index >= 15 is 0 Å². The average Bonchev–Trinajstić information content (AvgIpc) is 3.02. The Kier molecular flexibility index (Phi) is 6.93. The summed E-state index contributed by atoms with van der Waals surface area (Å²) in [4.78, 5) is 0. The van der Waals surface area contributed by atoms with Crippen molar-refractivity contribution in [3.8, 4) is 5.75 Å². The summed E-state index contributed by atoms with van der Waals surface area (Å²) in [5.74, 6) is 1.89. The number of rotatable bonds is 9. The Labute approximate surface area is 123 Å². The van der Waals surface area contributed by atoms with Crippen LogP contribution in [0.25, 0.3) is 0 Å². The third-order valence-corrected chi connectivity index (χ3v) is 4.30. The Morgan fingerprint density at radius 3 is 2.65 bits per heavy atom. The lowest BCUT2D eigenvalue weighted by Gasteiger charge is -2.24. The maximum atomic E-state index is 5.80. The molecule has 1 aliphatic carbocycles. The van der Waals surface area contributed by atoms with Crippen molar-refractivity contribution in [2.24, 2.45) is 5.92 Å². The van der Waals surface area contributed by atoms with E-state index in [2.05, 4.69) is 12.2 Å². The summed E-state index contributed by atoms with van der Waals surface area (Å²) in [6.45, 7) is 4.24. The lowest BCUT2D eigenvalue weighted by Crippen LogP contribution is -2.36. The number of para-hydroxylation sites is 1. The van der Waals surface area contributed by atoms with Gasteiger partial charge >= 0.3 is 0 Å². The van der Waals surface area contributed by atoms with Crippen LogP contribution >= 0.6 is 0 Å². The maximum Gasteiger partial charge on any atom is 0.119 e. The Balaban J connectivity index is 1.68. The highest BCUT2D eigenvalue weighted by atomic mass is 16.5. The topological polar surface area (TPSA) is 21.3 Å². The zero-order chi connectivity index (χ0) is 14.0. The molecule has 0 spiro atoms. The van der Waals surface area contributed by atoms with Gasteiger partial charge in [-0.15, -0.1) is 0 Å². The summed E-state index contributed by atoms with van der Waals surface area (Å²) in [6.07, 6.45) is 9.31. The van der Waals surface area contributed by atoms with Gasteiger partial charge in [0, 0.05) is 6.04 Å². The third-order valence-electron chi connectivity index (χ3n) is 4.30. The third kappa shape index (κ3) is 5.16. The van der Waals surface area contributed by atoms with Gasteiger partial charge in [0.2, 0.25) is 0 Å². The number of nitrogens with one attached hydrogen (secondary N) is 1. The predicted octanol–water partition coefficient (Wildman–Crippen LogP) is 4.40. The van der Waals surface area contributed by atoms with Gasteiger partial charge in [-0.05, 0) is 56.7 Å². The van der Waals surface area contributed by atoms with E-state index in [-0.39, 0.29) is 0 Å². The molecule has 0 heterocycles. The fourth-order valence-corrected chi connectivity index (χ4v) is 3.20. The van der Waals surface area contributed by atoms with Crippen molar-refractivity contribution in [3.05, 3.63) is 30.3 Å². The van der Waals surface area contributed by atoms with Gasteiger partial charge in [-0.1, -0.05) is 38.0 Å². The van der Waals surface area contributed by atoms with Crippen molar-refractivity contribution in [1.82, 2.24) is 5.32 Å². The Hall–Kier alpha value is -1.02. The number of benzene rings is 1. The first-order valence-corrected chi connectivity index (χ1v) is 8.31. The average molecular weight is 275 g/mol. The Bertz CT molecular complexity index is 346. The van der Waals surface area contributed by atoms with E-state index in [9.17, 15) is 0 Å². The molecule has 1 aliphatic rings. The molecule has 1 unspecified atom stereocenters. The molecule has 112 valence electrons. The van der Waals surface area contributed by atoms with E-state index < -0.39 is 0 Å². The van der Waals surface area contributed by atoms with Gasteiger partial charge < -0.3 is 10.1 Å². The van der Waals surface area contributed by atoms with Crippen LogP contribution in [0.2, 0.25) is 0 Å². The minimum absolute atomic E-state index is 0.705. The first-order valence-electron chi connectivity index (χ1n) is 8.31. The van der Waals surface area contributed by atoms with Crippen LogP contribution in [0, 0.1) is 5.92 Å². The van der Waals surface area contributed by atoms with E-state index in [0.29, 0.717) is 6.04 Å². The van der Waals surface area contributed by atoms with Crippen LogP contribution in [0.15, 0.2) is 30.3 Å². The molecule has 0 amide bonds. The molecule has 1 atom stereocenters. The first-order chi connectivity index (χ1) is 9.90. The summed E-state index contributed by atoms with van der Waals surface area (Å²) >= 11 is 0. The number of ether oxygens (including phenoxy) is 1. The molecule has 1 N–H and O–H groups in total. The van der Waals surface area contributed by atoms with Crippen molar-refractivity contribution in [2.45, 2.75) is 57.9 Å². The second kappa shape index (κ2) is 9.02. The minimum Gasteiger partial charge on any atom is -0.494 e. The molecule has 2 rings (SSSR count). The molecule has 2 heteroatoms. The van der Waals surface area contributed by atoms with Crippen LogP contribution in [-0.2, 0) is 0 Å². The SMILES string of the molecule is CCCNC(CCCOc1ccccc1)C1CCCC1. The zero-order valence-electron chi connectivity index (χ0n) is 12.8. The van der Waals surface area contributed by atoms with Crippen molar-refractivity contribution >= 4 is 0 Å². The van der Waals surface area contributed by atoms with Crippen LogP contribution in [0.5, 0.6) is 5.75 Å². The zero-order valence-corrected chi connectivity index (χ0v) is 12.8. The van der Waals surface area contributed by atoms with Crippen molar-refractivity contribution < 1.29 is 4.74 Å². The molecule has 1 fully saturated rings. The summed E-state index contributed by atoms with van der Waals surface area (Å²) in [6, 6.07) is 10.8. The molecule has 0 saturated heterocycles. The van der Waals surface area contributed by atoms with Crippen molar-refractivity contribution in [3.63, 3.8) is 0 Å². The molecule has 20 heavy (non-hydrogen) atoms. The summed E-state index contributed by atoms with van der Waals surface area (Å²) < 4.78 is 5.80. The fraction of sp³-hybridized carbons (Fsp3) is 0.667. The van der Waals surface area contributed by atoms with Crippen LogP contribution in [0.3, 0.4) is 0 Å². The molecule has 0 radical (unpaired) electrons. The summed E-state index contributed by atoms with van der Waals surface area (Å²) in [5, 5.41) is 3.75. The molecule has 1 aromatic carbocycles. The van der Waals surface area contributed by atoms with Crippen LogP contribution in [0.1, 0.15) is 51.9 Å². The van der Waals surface area contributed by atoms with E-state index in [1.165, 1.54) is 38.5 Å². The van der Waals surface area contributed by atoms with Gasteiger partial charge in [0.15, 0.2) is 0 Å². The second-order valence-electron chi connectivity index (χ2n) is 5.91. The lowest BCUT2D eigenvalue weighted by molar-refractivity contribution is 0.272. The van der Waals surface area contributed by atoms with Crippen LogP contribution in [-0.4, -0.2) is 19.2 Å². The highest BCUT2D eigenvalue weighted by Crippen LogP contribution is 2.29. The number of hydrogen-bond donors (Lipinski definition) is 1. The van der Waals surface area contributed by atoms with Gasteiger partial charge in [-0.2, -0.15) is 0 Å². The van der Waals surface area contributed by atoms with E-state index in [1.54, 1.807) is 0 Å². The quantitative estimate of drug-likeness (QED) is 0.674.